The van der Waals surface area contributed by atoms with Gasteiger partial charge in [-0.1, -0.05) is 53.5 Å². The van der Waals surface area contributed by atoms with Crippen molar-refractivity contribution in [1.29, 1.82) is 0 Å². The Balaban J connectivity index is 1.47. The normalized spacial score (nSPS) is 15.0. The number of halogens is 2. The van der Waals surface area contributed by atoms with Crippen LogP contribution in [0, 0.1) is 5.92 Å². The Morgan fingerprint density at radius 1 is 1.04 bits per heavy atom. The Labute approximate surface area is 175 Å². The van der Waals surface area contributed by atoms with Gasteiger partial charge >= 0.3 is 0 Å². The van der Waals surface area contributed by atoms with Crippen molar-refractivity contribution in [3.05, 3.63) is 75.8 Å². The maximum absolute atomic E-state index is 12.4. The second-order valence-corrected chi connectivity index (χ2v) is 7.71. The molecule has 146 valence electrons. The number of nitrogens with one attached hydrogen (secondary N) is 1. The van der Waals surface area contributed by atoms with Gasteiger partial charge in [-0.05, 0) is 48.2 Å². The average molecular weight is 417 g/mol. The third-order valence-corrected chi connectivity index (χ3v) is 5.23. The lowest BCUT2D eigenvalue weighted by atomic mass is 9.95. The first kappa shape index (κ1) is 20.4. The minimum absolute atomic E-state index is 0.0523. The molecule has 0 aliphatic carbocycles. The van der Waals surface area contributed by atoms with Crippen LogP contribution in [0.15, 0.2) is 54.6 Å². The van der Waals surface area contributed by atoms with Crippen LogP contribution in [0.3, 0.4) is 0 Å². The molecular formula is C22H22Cl2N2O2. The van der Waals surface area contributed by atoms with Crippen molar-refractivity contribution < 1.29 is 9.59 Å². The summed E-state index contributed by atoms with van der Waals surface area (Å²) in [5, 5.41) is 4.05. The molecule has 0 saturated carbocycles. The van der Waals surface area contributed by atoms with Gasteiger partial charge in [-0.2, -0.15) is 0 Å². The maximum atomic E-state index is 12.4. The molecule has 2 aromatic rings. The highest BCUT2D eigenvalue weighted by Gasteiger charge is 2.26. The molecule has 2 amide bonds. The van der Waals surface area contributed by atoms with Crippen LogP contribution in [0.1, 0.15) is 24.0 Å². The van der Waals surface area contributed by atoms with E-state index >= 15 is 0 Å². The van der Waals surface area contributed by atoms with Crippen molar-refractivity contribution in [1.82, 2.24) is 10.2 Å². The van der Waals surface area contributed by atoms with Gasteiger partial charge in [-0.15, -0.1) is 0 Å². The first-order chi connectivity index (χ1) is 13.5. The summed E-state index contributed by atoms with van der Waals surface area (Å²) in [6, 6.07) is 15.0. The van der Waals surface area contributed by atoms with Gasteiger partial charge in [-0.3, -0.25) is 9.59 Å². The molecule has 1 aliphatic heterocycles. The number of piperidine rings is 1. The lowest BCUT2D eigenvalue weighted by Gasteiger charge is -2.30. The quantitative estimate of drug-likeness (QED) is 0.726. The fourth-order valence-corrected chi connectivity index (χ4v) is 3.78. The summed E-state index contributed by atoms with van der Waals surface area (Å²) in [6.45, 7) is 1.68. The summed E-state index contributed by atoms with van der Waals surface area (Å²) in [7, 11) is 0. The minimum atomic E-state index is -0.0701. The summed E-state index contributed by atoms with van der Waals surface area (Å²) in [5.41, 5.74) is 1.86. The summed E-state index contributed by atoms with van der Waals surface area (Å²) in [6.07, 6.45) is 4.57. The van der Waals surface area contributed by atoms with Crippen LogP contribution in [0.2, 0.25) is 10.0 Å². The van der Waals surface area contributed by atoms with E-state index in [2.05, 4.69) is 5.32 Å². The highest BCUT2D eigenvalue weighted by atomic mass is 35.5. The Morgan fingerprint density at radius 2 is 1.68 bits per heavy atom. The monoisotopic (exact) mass is 416 g/mol. The van der Waals surface area contributed by atoms with E-state index in [1.165, 1.54) is 6.08 Å². The predicted molar refractivity (Wildman–Crippen MR) is 113 cm³/mol. The molecule has 1 aliphatic rings. The van der Waals surface area contributed by atoms with Gasteiger partial charge in [0.15, 0.2) is 0 Å². The first-order valence-corrected chi connectivity index (χ1v) is 10.0. The zero-order valence-electron chi connectivity index (χ0n) is 15.4. The van der Waals surface area contributed by atoms with Crippen molar-refractivity contribution in [2.45, 2.75) is 19.4 Å². The van der Waals surface area contributed by atoms with Gasteiger partial charge in [0.05, 0.1) is 0 Å². The van der Waals surface area contributed by atoms with E-state index in [-0.39, 0.29) is 17.7 Å². The summed E-state index contributed by atoms with van der Waals surface area (Å²) < 4.78 is 0. The predicted octanol–water partition coefficient (Wildman–Crippen LogP) is 4.56. The number of rotatable bonds is 5. The van der Waals surface area contributed by atoms with Crippen LogP contribution in [-0.2, 0) is 16.1 Å². The molecular weight excluding hydrogens is 395 g/mol. The van der Waals surface area contributed by atoms with E-state index in [0.29, 0.717) is 42.5 Å². The third-order valence-electron chi connectivity index (χ3n) is 4.79. The van der Waals surface area contributed by atoms with Crippen molar-refractivity contribution >= 4 is 41.1 Å². The maximum Gasteiger partial charge on any atom is 0.246 e. The van der Waals surface area contributed by atoms with E-state index in [1.54, 1.807) is 29.2 Å². The van der Waals surface area contributed by atoms with Gasteiger partial charge in [-0.25, -0.2) is 0 Å². The van der Waals surface area contributed by atoms with Crippen LogP contribution in [0.4, 0.5) is 0 Å². The zero-order chi connectivity index (χ0) is 19.9. The van der Waals surface area contributed by atoms with E-state index in [1.807, 2.05) is 30.3 Å². The molecule has 6 heteroatoms. The lowest BCUT2D eigenvalue weighted by molar-refractivity contribution is -0.132. The lowest BCUT2D eigenvalue weighted by Crippen LogP contribution is -2.42. The van der Waals surface area contributed by atoms with Gasteiger partial charge in [0.25, 0.3) is 0 Å². The second-order valence-electron chi connectivity index (χ2n) is 6.84. The molecule has 2 aromatic carbocycles. The molecule has 0 radical (unpaired) electrons. The van der Waals surface area contributed by atoms with E-state index in [4.69, 9.17) is 23.2 Å². The molecule has 1 N–H and O–H groups in total. The molecule has 3 rings (SSSR count). The summed E-state index contributed by atoms with van der Waals surface area (Å²) in [4.78, 5) is 26.5. The summed E-state index contributed by atoms with van der Waals surface area (Å²) >= 11 is 11.9. The number of hydrogen-bond acceptors (Lipinski definition) is 2. The van der Waals surface area contributed by atoms with Crippen molar-refractivity contribution in [3.8, 4) is 0 Å². The number of carbonyl (C=O) groups is 2. The highest BCUT2D eigenvalue weighted by Crippen LogP contribution is 2.21. The minimum Gasteiger partial charge on any atom is -0.352 e. The SMILES string of the molecule is O=C(NCc1ccccc1)C1CCN(C(=O)C=Cc2cc(Cl)cc(Cl)c2)CC1. The molecule has 1 saturated heterocycles. The van der Waals surface area contributed by atoms with Crippen LogP contribution < -0.4 is 5.32 Å². The fraction of sp³-hybridized carbons (Fsp3) is 0.273. The molecule has 0 spiro atoms. The number of hydrogen-bond donors (Lipinski definition) is 1. The zero-order valence-corrected chi connectivity index (χ0v) is 16.9. The second kappa shape index (κ2) is 9.76. The molecule has 0 bridgehead atoms. The van der Waals surface area contributed by atoms with Crippen LogP contribution >= 0.6 is 23.2 Å². The number of nitrogens with zero attached hydrogens (tertiary/aromatic N) is 1. The molecule has 0 unspecified atom stereocenters. The van der Waals surface area contributed by atoms with Crippen molar-refractivity contribution in [3.63, 3.8) is 0 Å². The molecule has 4 nitrogen and oxygen atoms in total. The number of carbonyl (C=O) groups excluding carboxylic acids is 2. The van der Waals surface area contributed by atoms with Crippen molar-refractivity contribution in [2.75, 3.05) is 13.1 Å². The van der Waals surface area contributed by atoms with Gasteiger partial charge in [0, 0.05) is 41.7 Å². The Hall–Kier alpha value is -2.30. The first-order valence-electron chi connectivity index (χ1n) is 9.26. The van der Waals surface area contributed by atoms with Crippen LogP contribution in [0.25, 0.3) is 6.08 Å². The number of amides is 2. The molecule has 0 aromatic heterocycles. The topological polar surface area (TPSA) is 49.4 Å². The largest absolute Gasteiger partial charge is 0.352 e. The molecule has 0 atom stereocenters. The average Bonchev–Trinajstić information content (AvgIpc) is 2.70. The van der Waals surface area contributed by atoms with E-state index in [9.17, 15) is 9.59 Å². The van der Waals surface area contributed by atoms with Gasteiger partial charge in [0.2, 0.25) is 11.8 Å². The molecule has 1 fully saturated rings. The van der Waals surface area contributed by atoms with E-state index in [0.717, 1.165) is 11.1 Å². The van der Waals surface area contributed by atoms with E-state index < -0.39 is 0 Å². The number of likely N-dealkylation sites (tertiary alicyclic amines) is 1. The smallest absolute Gasteiger partial charge is 0.246 e. The van der Waals surface area contributed by atoms with Crippen molar-refractivity contribution in [2.24, 2.45) is 5.92 Å². The molecule has 28 heavy (non-hydrogen) atoms. The Bertz CT molecular complexity index is 840. The van der Waals surface area contributed by atoms with Gasteiger partial charge in [0.1, 0.15) is 0 Å². The Kier molecular flexibility index (Phi) is 7.12. The van der Waals surface area contributed by atoms with Crippen LogP contribution in [0.5, 0.6) is 0 Å². The van der Waals surface area contributed by atoms with Gasteiger partial charge < -0.3 is 10.2 Å². The number of benzene rings is 2. The standard InChI is InChI=1S/C22H22Cl2N2O2/c23-19-12-17(13-20(24)14-19)6-7-21(27)26-10-8-18(9-11-26)22(28)25-15-16-4-2-1-3-5-16/h1-7,12-14,18H,8-11,15H2,(H,25,28). The Morgan fingerprint density at radius 3 is 2.32 bits per heavy atom. The molecule has 1 heterocycles. The summed E-state index contributed by atoms with van der Waals surface area (Å²) in [5.74, 6) is -0.0669. The third kappa shape index (κ3) is 5.85. The fourth-order valence-electron chi connectivity index (χ4n) is 3.24. The highest BCUT2D eigenvalue weighted by molar-refractivity contribution is 6.34. The van der Waals surface area contributed by atoms with Crippen LogP contribution in [-0.4, -0.2) is 29.8 Å².